The molecule has 0 amide bonds. The summed E-state index contributed by atoms with van der Waals surface area (Å²) in [4.78, 5) is 12.6. The van der Waals surface area contributed by atoms with Gasteiger partial charge in [-0.1, -0.05) is 36.4 Å². The van der Waals surface area contributed by atoms with E-state index < -0.39 is 5.09 Å². The molecule has 0 aliphatic carbocycles. The summed E-state index contributed by atoms with van der Waals surface area (Å²) < 4.78 is 0. The zero-order chi connectivity index (χ0) is 13.4. The molecule has 1 aromatic carbocycles. The summed E-state index contributed by atoms with van der Waals surface area (Å²) in [6, 6.07) is 14.5. The second kappa shape index (κ2) is 9.44. The van der Waals surface area contributed by atoms with Crippen LogP contribution < -0.4 is 0 Å². The van der Waals surface area contributed by atoms with Crippen LogP contribution in [0, 0.1) is 22.2 Å². The van der Waals surface area contributed by atoms with E-state index >= 15 is 0 Å². The average Bonchev–Trinajstić information content (AvgIpc) is 2.33. The molecule has 1 aromatic heterocycles. The molecule has 2 aromatic rings. The third kappa shape index (κ3) is 7.51. The van der Waals surface area contributed by atoms with Crippen molar-refractivity contribution in [3.05, 3.63) is 80.8 Å². The number of hydrogen-bond acceptors (Lipinski definition) is 4. The summed E-state index contributed by atoms with van der Waals surface area (Å²) in [5.41, 5.74) is 3.74. The van der Waals surface area contributed by atoms with Crippen molar-refractivity contribution < 1.29 is 32.8 Å². The molecule has 1 heterocycles. The van der Waals surface area contributed by atoms with E-state index in [9.17, 15) is 0 Å². The third-order valence-corrected chi connectivity index (χ3v) is 2.33. The van der Waals surface area contributed by atoms with Crippen LogP contribution in [-0.4, -0.2) is 10.1 Å². The van der Waals surface area contributed by atoms with Gasteiger partial charge in [-0.3, -0.25) is 4.98 Å². The first-order chi connectivity index (χ1) is 8.59. The Morgan fingerprint density at radius 1 is 1.11 bits per heavy atom. The van der Waals surface area contributed by atoms with Crippen LogP contribution in [-0.2, 0) is 34.1 Å². The molecule has 0 bridgehead atoms. The van der Waals surface area contributed by atoms with Gasteiger partial charge in [0, 0.05) is 18.3 Å². The number of rotatable bonds is 2. The summed E-state index contributed by atoms with van der Waals surface area (Å²) >= 11 is 0. The number of pyridine rings is 1. The van der Waals surface area contributed by atoms with Crippen molar-refractivity contribution in [2.45, 2.75) is 13.3 Å². The quantitative estimate of drug-likeness (QED) is 0.404. The van der Waals surface area contributed by atoms with E-state index in [1.165, 1.54) is 16.8 Å². The number of nitrogens with zero attached hydrogens (tertiary/aromatic N) is 2. The Labute approximate surface area is 131 Å². The van der Waals surface area contributed by atoms with Gasteiger partial charge in [0.2, 0.25) is 0 Å². The normalized spacial score (nSPS) is 8.68. The SMILES string of the molecule is Cc1cccnc1Cc1ccccc1.O=[N+]([O-])[O-].[Hg+]. The minimum absolute atomic E-state index is 0. The molecule has 2 rings (SSSR count). The van der Waals surface area contributed by atoms with Gasteiger partial charge in [-0.05, 0) is 24.1 Å². The summed E-state index contributed by atoms with van der Waals surface area (Å²) in [7, 11) is 0. The van der Waals surface area contributed by atoms with Crippen LogP contribution in [0.4, 0.5) is 0 Å². The Bertz CT molecular complexity index is 502. The maximum atomic E-state index is 8.25. The smallest absolute Gasteiger partial charge is 0.356 e. The van der Waals surface area contributed by atoms with Gasteiger partial charge in [-0.25, -0.2) is 0 Å². The molecule has 95 valence electrons. The monoisotopic (exact) mass is 447 g/mol. The van der Waals surface area contributed by atoms with Gasteiger partial charge in [0.05, 0.1) is 5.09 Å². The summed E-state index contributed by atoms with van der Waals surface area (Å²) in [5, 5.41) is 14.8. The molecule has 0 saturated heterocycles. The van der Waals surface area contributed by atoms with Gasteiger partial charge in [-0.2, -0.15) is 0 Å². The van der Waals surface area contributed by atoms with E-state index in [2.05, 4.69) is 42.2 Å². The Morgan fingerprint density at radius 3 is 2.21 bits per heavy atom. The van der Waals surface area contributed by atoms with E-state index in [0.29, 0.717) is 0 Å². The van der Waals surface area contributed by atoms with Gasteiger partial charge < -0.3 is 15.3 Å². The number of aryl methyl sites for hydroxylation is 1. The summed E-state index contributed by atoms with van der Waals surface area (Å²) in [6.45, 7) is 2.10. The van der Waals surface area contributed by atoms with Crippen molar-refractivity contribution in [3.63, 3.8) is 0 Å². The first-order valence-electron chi connectivity index (χ1n) is 5.35. The van der Waals surface area contributed by atoms with Crippen molar-refractivity contribution >= 4 is 0 Å². The number of aromatic nitrogens is 1. The van der Waals surface area contributed by atoms with Crippen LogP contribution in [0.3, 0.4) is 0 Å². The number of hydrogen-bond donors (Lipinski definition) is 0. The summed E-state index contributed by atoms with van der Waals surface area (Å²) in [5.74, 6) is 0. The molecule has 0 aliphatic heterocycles. The molecule has 0 atom stereocenters. The van der Waals surface area contributed by atoms with E-state index in [1.807, 2.05) is 18.3 Å². The van der Waals surface area contributed by atoms with Crippen molar-refractivity contribution in [2.75, 3.05) is 0 Å². The summed E-state index contributed by atoms with van der Waals surface area (Å²) in [6.07, 6.45) is 2.78. The fraction of sp³-hybridized carbons (Fsp3) is 0.154. The van der Waals surface area contributed by atoms with E-state index in [4.69, 9.17) is 15.3 Å². The zero-order valence-electron chi connectivity index (χ0n) is 10.7. The van der Waals surface area contributed by atoms with E-state index in [-0.39, 0.29) is 27.7 Å². The fourth-order valence-electron chi connectivity index (χ4n) is 1.49. The van der Waals surface area contributed by atoms with Gasteiger partial charge in [0.1, 0.15) is 0 Å². The van der Waals surface area contributed by atoms with E-state index in [1.54, 1.807) is 0 Å². The van der Waals surface area contributed by atoms with Crippen molar-refractivity contribution in [2.24, 2.45) is 0 Å². The van der Waals surface area contributed by atoms with Crippen molar-refractivity contribution in [1.29, 1.82) is 0 Å². The minimum Gasteiger partial charge on any atom is -0.356 e. The Morgan fingerprint density at radius 2 is 1.68 bits per heavy atom. The molecule has 0 spiro atoms. The van der Waals surface area contributed by atoms with Crippen LogP contribution in [0.25, 0.3) is 0 Å². The van der Waals surface area contributed by atoms with Crippen LogP contribution in [0.1, 0.15) is 16.8 Å². The van der Waals surface area contributed by atoms with Crippen molar-refractivity contribution in [3.8, 4) is 0 Å². The predicted molar refractivity (Wildman–Crippen MR) is 68.6 cm³/mol. The maximum absolute atomic E-state index is 8.25. The Kier molecular flexibility index (Phi) is 8.69. The Balaban J connectivity index is 0.000000576. The molecule has 0 fully saturated rings. The van der Waals surface area contributed by atoms with Crippen molar-refractivity contribution in [1.82, 2.24) is 4.98 Å². The minimum atomic E-state index is -1.75. The molecule has 0 unspecified atom stereocenters. The van der Waals surface area contributed by atoms with Crippen LogP contribution in [0.5, 0.6) is 0 Å². The third-order valence-electron chi connectivity index (χ3n) is 2.33. The Hall–Kier alpha value is -1.49. The van der Waals surface area contributed by atoms with Gasteiger partial charge in [0.25, 0.3) is 0 Å². The second-order valence-electron chi connectivity index (χ2n) is 3.65. The molecule has 1 radical (unpaired) electrons. The zero-order valence-corrected chi connectivity index (χ0v) is 16.1. The van der Waals surface area contributed by atoms with Gasteiger partial charge >= 0.3 is 27.7 Å². The largest absolute Gasteiger partial charge is 1.00 e. The molecule has 6 heteroatoms. The second-order valence-corrected chi connectivity index (χ2v) is 3.65. The number of benzene rings is 1. The fourth-order valence-corrected chi connectivity index (χ4v) is 1.49. The predicted octanol–water partition coefficient (Wildman–Crippen LogP) is 2.74. The topological polar surface area (TPSA) is 79.1 Å². The molecular formula is C13H13HgN2O3. The molecule has 5 nitrogen and oxygen atoms in total. The molecule has 0 saturated carbocycles. The van der Waals surface area contributed by atoms with Gasteiger partial charge in [0.15, 0.2) is 0 Å². The molecule has 19 heavy (non-hydrogen) atoms. The van der Waals surface area contributed by atoms with Gasteiger partial charge in [-0.15, -0.1) is 0 Å². The van der Waals surface area contributed by atoms with Crippen LogP contribution >= 0.6 is 0 Å². The molecule has 0 aliphatic rings. The molecular weight excluding hydrogens is 433 g/mol. The van der Waals surface area contributed by atoms with E-state index in [0.717, 1.165) is 6.42 Å². The van der Waals surface area contributed by atoms with Crippen LogP contribution in [0.2, 0.25) is 0 Å². The maximum Gasteiger partial charge on any atom is 1.00 e. The standard InChI is InChI=1S/C13H13N.Hg.NO3/c1-11-6-5-9-14-13(11)10-12-7-3-2-4-8-12;;2-1(3)4/h2-9H,10H2,1H3;;/q;+1;-1. The average molecular weight is 446 g/mol. The molecule has 0 N–H and O–H groups in total. The van der Waals surface area contributed by atoms with Crippen LogP contribution in [0.15, 0.2) is 48.7 Å². The first-order valence-corrected chi connectivity index (χ1v) is 5.35. The first kappa shape index (κ1) is 17.5.